The normalized spacial score (nSPS) is 10.6. The van der Waals surface area contributed by atoms with E-state index in [9.17, 15) is 4.79 Å². The van der Waals surface area contributed by atoms with Crippen LogP contribution in [-0.2, 0) is 0 Å². The number of pyridine rings is 1. The number of hydrogen-bond donors (Lipinski definition) is 2. The second-order valence-corrected chi connectivity index (χ2v) is 5.03. The van der Waals surface area contributed by atoms with E-state index in [1.807, 2.05) is 0 Å². The molecule has 0 saturated heterocycles. The minimum absolute atomic E-state index is 0.00668. The molecule has 8 heteroatoms. The van der Waals surface area contributed by atoms with Gasteiger partial charge < -0.3 is 10.8 Å². The molecule has 6 nitrogen and oxygen atoms in total. The van der Waals surface area contributed by atoms with Crippen LogP contribution in [0.25, 0.3) is 5.82 Å². The molecule has 0 unspecified atom stereocenters. The Morgan fingerprint density at radius 2 is 2.28 bits per heavy atom. The molecule has 0 aromatic carbocycles. The van der Waals surface area contributed by atoms with Crippen LogP contribution in [0.3, 0.4) is 0 Å². The molecule has 18 heavy (non-hydrogen) atoms. The molecule has 0 saturated carbocycles. The summed E-state index contributed by atoms with van der Waals surface area (Å²) in [5, 5.41) is 13.6. The van der Waals surface area contributed by atoms with Crippen molar-refractivity contribution in [2.75, 3.05) is 12.0 Å². The highest BCUT2D eigenvalue weighted by molar-refractivity contribution is 9.10. The molecule has 0 radical (unpaired) electrons. The summed E-state index contributed by atoms with van der Waals surface area (Å²) >= 11 is 4.50. The summed E-state index contributed by atoms with van der Waals surface area (Å²) < 4.78 is 2.14. The van der Waals surface area contributed by atoms with Crippen molar-refractivity contribution in [3.8, 4) is 5.82 Å². The van der Waals surface area contributed by atoms with Crippen molar-refractivity contribution in [2.45, 2.75) is 5.03 Å². The number of rotatable bonds is 3. The second-order valence-electron chi connectivity index (χ2n) is 3.32. The van der Waals surface area contributed by atoms with Gasteiger partial charge in [0, 0.05) is 10.7 Å². The van der Waals surface area contributed by atoms with Crippen LogP contribution < -0.4 is 5.73 Å². The molecular weight excluding hydrogens is 320 g/mol. The predicted octanol–water partition coefficient (Wildman–Crippen LogP) is 2.03. The number of thioether (sulfide) groups is 1. The van der Waals surface area contributed by atoms with Crippen LogP contribution in [0.2, 0.25) is 0 Å². The highest BCUT2D eigenvalue weighted by Crippen LogP contribution is 2.26. The average Bonchev–Trinajstić information content (AvgIpc) is 2.67. The number of hydrogen-bond acceptors (Lipinski definition) is 5. The van der Waals surface area contributed by atoms with Crippen molar-refractivity contribution >= 4 is 39.5 Å². The predicted molar refractivity (Wildman–Crippen MR) is 72.2 cm³/mol. The number of anilines is 1. The number of aromatic nitrogens is 3. The van der Waals surface area contributed by atoms with Gasteiger partial charge in [-0.2, -0.15) is 9.78 Å². The molecule has 0 spiro atoms. The summed E-state index contributed by atoms with van der Waals surface area (Å²) in [7, 11) is 0. The van der Waals surface area contributed by atoms with Gasteiger partial charge in [-0.05, 0) is 34.3 Å². The number of nitrogen functional groups attached to an aromatic ring is 1. The average molecular weight is 329 g/mol. The van der Waals surface area contributed by atoms with Crippen LogP contribution in [0.15, 0.2) is 27.8 Å². The maximum Gasteiger partial charge on any atom is 0.342 e. The van der Waals surface area contributed by atoms with Crippen molar-refractivity contribution in [3.05, 3.63) is 28.4 Å². The first-order valence-electron chi connectivity index (χ1n) is 4.82. The van der Waals surface area contributed by atoms with Crippen LogP contribution >= 0.6 is 27.7 Å². The fraction of sp³-hybridized carbons (Fsp3) is 0.100. The first-order chi connectivity index (χ1) is 8.54. The molecule has 0 aliphatic rings. The standard InChI is InChI=1S/C10H9BrN4O2S/c1-18-9-7(10(16)17)8(12)15(14-9)6-3-2-5(11)4-13-6/h2-4H,12H2,1H3,(H,16,17). The molecule has 0 aliphatic heterocycles. The molecule has 2 rings (SSSR count). The van der Waals surface area contributed by atoms with Crippen molar-refractivity contribution < 1.29 is 9.90 Å². The molecule has 0 atom stereocenters. The molecule has 3 N–H and O–H groups in total. The second kappa shape index (κ2) is 4.99. The van der Waals surface area contributed by atoms with Gasteiger partial charge in [-0.3, -0.25) is 0 Å². The molecule has 2 heterocycles. The van der Waals surface area contributed by atoms with E-state index in [0.717, 1.165) is 4.47 Å². The summed E-state index contributed by atoms with van der Waals surface area (Å²) in [5.41, 5.74) is 5.81. The Morgan fingerprint density at radius 3 is 2.72 bits per heavy atom. The number of nitrogens with zero attached hydrogens (tertiary/aromatic N) is 3. The summed E-state index contributed by atoms with van der Waals surface area (Å²) in [6, 6.07) is 3.48. The minimum atomic E-state index is -1.10. The van der Waals surface area contributed by atoms with Crippen molar-refractivity contribution in [2.24, 2.45) is 0 Å². The van der Waals surface area contributed by atoms with E-state index < -0.39 is 5.97 Å². The fourth-order valence-corrected chi connectivity index (χ4v) is 2.22. The zero-order valence-corrected chi connectivity index (χ0v) is 11.7. The maximum absolute atomic E-state index is 11.1. The highest BCUT2D eigenvalue weighted by Gasteiger charge is 2.22. The minimum Gasteiger partial charge on any atom is -0.477 e. The van der Waals surface area contributed by atoms with Crippen LogP contribution in [0.1, 0.15) is 10.4 Å². The van der Waals surface area contributed by atoms with E-state index in [4.69, 9.17) is 10.8 Å². The molecule has 2 aromatic heterocycles. The van der Waals surface area contributed by atoms with E-state index in [1.54, 1.807) is 24.6 Å². The van der Waals surface area contributed by atoms with E-state index in [1.165, 1.54) is 16.4 Å². The Morgan fingerprint density at radius 1 is 1.56 bits per heavy atom. The molecule has 0 fully saturated rings. The number of carboxylic acids is 1. The SMILES string of the molecule is CSc1nn(-c2ccc(Br)cn2)c(N)c1C(=O)O. The number of carboxylic acid groups (broad SMARTS) is 1. The summed E-state index contributed by atoms with van der Waals surface area (Å²) in [6.07, 6.45) is 3.34. The largest absolute Gasteiger partial charge is 0.477 e. The third kappa shape index (κ3) is 2.21. The number of halogens is 1. The topological polar surface area (TPSA) is 94.0 Å². The Labute approximate surface area is 115 Å². The third-order valence-corrected chi connectivity index (χ3v) is 3.37. The highest BCUT2D eigenvalue weighted by atomic mass is 79.9. The van der Waals surface area contributed by atoms with Crippen molar-refractivity contribution in [1.82, 2.24) is 14.8 Å². The first kappa shape index (κ1) is 12.9. The van der Waals surface area contributed by atoms with Gasteiger partial charge in [0.15, 0.2) is 5.82 Å². The molecule has 94 valence electrons. The lowest BCUT2D eigenvalue weighted by molar-refractivity contribution is 0.0694. The van der Waals surface area contributed by atoms with Crippen molar-refractivity contribution in [3.63, 3.8) is 0 Å². The van der Waals surface area contributed by atoms with E-state index >= 15 is 0 Å². The number of aromatic carboxylic acids is 1. The van der Waals surface area contributed by atoms with Crippen molar-refractivity contribution in [1.29, 1.82) is 0 Å². The van der Waals surface area contributed by atoms with Crippen LogP contribution in [0.5, 0.6) is 0 Å². The van der Waals surface area contributed by atoms with Crippen LogP contribution in [0, 0.1) is 0 Å². The van der Waals surface area contributed by atoms with Gasteiger partial charge in [0.05, 0.1) is 0 Å². The molecule has 0 amide bonds. The van der Waals surface area contributed by atoms with Gasteiger partial charge in [-0.15, -0.1) is 11.8 Å². The quantitative estimate of drug-likeness (QED) is 0.837. The lowest BCUT2D eigenvalue weighted by atomic mass is 10.3. The third-order valence-electron chi connectivity index (χ3n) is 2.23. The molecular formula is C10H9BrN4O2S. The van der Waals surface area contributed by atoms with Gasteiger partial charge in [0.1, 0.15) is 16.4 Å². The monoisotopic (exact) mass is 328 g/mol. The van der Waals surface area contributed by atoms with Gasteiger partial charge in [-0.1, -0.05) is 0 Å². The fourth-order valence-electron chi connectivity index (χ4n) is 1.42. The Hall–Kier alpha value is -1.54. The maximum atomic E-state index is 11.1. The van der Waals surface area contributed by atoms with Crippen LogP contribution in [-0.4, -0.2) is 32.1 Å². The summed E-state index contributed by atoms with van der Waals surface area (Å²) in [5.74, 6) is -0.555. The van der Waals surface area contributed by atoms with Gasteiger partial charge >= 0.3 is 5.97 Å². The molecule has 0 bridgehead atoms. The van der Waals surface area contributed by atoms with E-state index in [0.29, 0.717) is 10.8 Å². The van der Waals surface area contributed by atoms with E-state index in [2.05, 4.69) is 26.0 Å². The Balaban J connectivity index is 2.59. The van der Waals surface area contributed by atoms with Gasteiger partial charge in [0.2, 0.25) is 0 Å². The molecule has 0 aliphatic carbocycles. The lowest BCUT2D eigenvalue weighted by Crippen LogP contribution is -2.06. The Bertz CT molecular complexity index is 597. The van der Waals surface area contributed by atoms with Gasteiger partial charge in [0.25, 0.3) is 0 Å². The summed E-state index contributed by atoms with van der Waals surface area (Å²) in [4.78, 5) is 15.3. The smallest absolute Gasteiger partial charge is 0.342 e. The Kier molecular flexibility index (Phi) is 3.58. The van der Waals surface area contributed by atoms with E-state index in [-0.39, 0.29) is 11.4 Å². The molecule has 2 aromatic rings. The van der Waals surface area contributed by atoms with Gasteiger partial charge in [-0.25, -0.2) is 9.78 Å². The lowest BCUT2D eigenvalue weighted by Gasteiger charge is -2.02. The first-order valence-corrected chi connectivity index (χ1v) is 6.84. The number of carbonyl (C=O) groups is 1. The zero-order valence-electron chi connectivity index (χ0n) is 9.29. The number of nitrogens with two attached hydrogens (primary N) is 1. The zero-order chi connectivity index (χ0) is 13.3. The van der Waals surface area contributed by atoms with Crippen LogP contribution in [0.4, 0.5) is 5.82 Å². The summed E-state index contributed by atoms with van der Waals surface area (Å²) in [6.45, 7) is 0.